The number of carbonyl (C=O) groups excluding carboxylic acids is 1. The lowest BCUT2D eigenvalue weighted by Gasteiger charge is -2.35. The van der Waals surface area contributed by atoms with Gasteiger partial charge in [-0.15, -0.1) is 0 Å². The van der Waals surface area contributed by atoms with Crippen molar-refractivity contribution in [3.63, 3.8) is 0 Å². The molecule has 1 rings (SSSR count). The van der Waals surface area contributed by atoms with E-state index in [2.05, 4.69) is 12.2 Å². The second-order valence-corrected chi connectivity index (χ2v) is 4.81. The number of likely N-dealkylation sites (N-methyl/N-ethyl adjacent to an activating group) is 1. The predicted molar refractivity (Wildman–Crippen MR) is 64.2 cm³/mol. The van der Waals surface area contributed by atoms with Crippen molar-refractivity contribution in [2.24, 2.45) is 0 Å². The molecule has 0 bridgehead atoms. The second-order valence-electron chi connectivity index (χ2n) is 4.81. The molecule has 1 saturated heterocycles. The van der Waals surface area contributed by atoms with Crippen LogP contribution in [0.2, 0.25) is 0 Å². The summed E-state index contributed by atoms with van der Waals surface area (Å²) in [5, 5.41) is 12.5. The van der Waals surface area contributed by atoms with Crippen molar-refractivity contribution >= 4 is 5.91 Å². The Labute approximate surface area is 98.0 Å². The number of aliphatic hydroxyl groups excluding tert-OH is 1. The van der Waals surface area contributed by atoms with Crippen molar-refractivity contribution < 1.29 is 9.90 Å². The Bertz CT molecular complexity index is 237. The van der Waals surface area contributed by atoms with Gasteiger partial charge in [0.25, 0.3) is 0 Å². The zero-order chi connectivity index (χ0) is 12.2. The van der Waals surface area contributed by atoms with Gasteiger partial charge in [-0.2, -0.15) is 0 Å². The molecule has 94 valence electrons. The average molecular weight is 228 g/mol. The highest BCUT2D eigenvalue weighted by Crippen LogP contribution is 2.27. The van der Waals surface area contributed by atoms with E-state index in [9.17, 15) is 4.79 Å². The molecule has 0 radical (unpaired) electrons. The summed E-state index contributed by atoms with van der Waals surface area (Å²) in [6.07, 6.45) is 3.86. The fourth-order valence-electron chi connectivity index (χ4n) is 2.40. The van der Waals surface area contributed by atoms with Crippen LogP contribution in [0.25, 0.3) is 0 Å². The van der Waals surface area contributed by atoms with Gasteiger partial charge in [0.05, 0.1) is 18.2 Å². The van der Waals surface area contributed by atoms with Crippen LogP contribution in [-0.4, -0.2) is 47.7 Å². The van der Waals surface area contributed by atoms with Gasteiger partial charge in [-0.1, -0.05) is 13.3 Å². The van der Waals surface area contributed by atoms with Crippen molar-refractivity contribution in [1.29, 1.82) is 0 Å². The lowest BCUT2D eigenvalue weighted by molar-refractivity contribution is -0.139. The summed E-state index contributed by atoms with van der Waals surface area (Å²) in [7, 11) is 1.78. The maximum absolute atomic E-state index is 12.4. The van der Waals surface area contributed by atoms with Crippen LogP contribution in [0, 0.1) is 0 Å². The molecule has 2 atom stereocenters. The highest BCUT2D eigenvalue weighted by atomic mass is 16.3. The van der Waals surface area contributed by atoms with E-state index >= 15 is 0 Å². The Morgan fingerprint density at radius 3 is 2.75 bits per heavy atom. The minimum atomic E-state index is -0.368. The largest absolute Gasteiger partial charge is 0.394 e. The summed E-state index contributed by atoms with van der Waals surface area (Å²) in [6.45, 7) is 4.91. The van der Waals surface area contributed by atoms with Crippen LogP contribution in [0.3, 0.4) is 0 Å². The molecule has 0 saturated carbocycles. The Balaban J connectivity index is 2.75. The molecule has 1 fully saturated rings. The van der Waals surface area contributed by atoms with Crippen LogP contribution < -0.4 is 5.32 Å². The SMILES string of the molecule is CCCC1(C(=O)N(C)C(C)CO)CCCN1. The molecule has 0 spiro atoms. The molecule has 0 aromatic heterocycles. The Morgan fingerprint density at radius 2 is 2.31 bits per heavy atom. The standard InChI is InChI=1S/C12H24N2O2/c1-4-6-12(7-5-8-13-12)11(16)14(3)10(2)9-15/h10,13,15H,4-9H2,1-3H3. The quantitative estimate of drug-likeness (QED) is 0.730. The highest BCUT2D eigenvalue weighted by Gasteiger charge is 2.42. The van der Waals surface area contributed by atoms with Gasteiger partial charge in [-0.3, -0.25) is 4.79 Å². The van der Waals surface area contributed by atoms with Gasteiger partial charge >= 0.3 is 0 Å². The third-order valence-corrected chi connectivity index (χ3v) is 3.58. The Hall–Kier alpha value is -0.610. The lowest BCUT2D eigenvalue weighted by atomic mass is 9.90. The molecular weight excluding hydrogens is 204 g/mol. The Kier molecular flexibility index (Phi) is 4.74. The molecule has 0 aromatic carbocycles. The number of carbonyl (C=O) groups is 1. The minimum absolute atomic E-state index is 0.0183. The van der Waals surface area contributed by atoms with E-state index in [0.717, 1.165) is 32.2 Å². The summed E-state index contributed by atoms with van der Waals surface area (Å²) in [5.74, 6) is 0.133. The first-order valence-electron chi connectivity index (χ1n) is 6.20. The maximum Gasteiger partial charge on any atom is 0.242 e. The summed E-state index contributed by atoms with van der Waals surface area (Å²) in [5.41, 5.74) is -0.368. The van der Waals surface area contributed by atoms with Crippen LogP contribution >= 0.6 is 0 Å². The zero-order valence-electron chi connectivity index (χ0n) is 10.6. The third kappa shape index (κ3) is 2.55. The van der Waals surface area contributed by atoms with Crippen LogP contribution in [0.4, 0.5) is 0 Å². The fraction of sp³-hybridized carbons (Fsp3) is 0.917. The molecular formula is C12H24N2O2. The molecule has 4 nitrogen and oxygen atoms in total. The number of hydrogen-bond donors (Lipinski definition) is 2. The summed E-state index contributed by atoms with van der Waals surface area (Å²) in [4.78, 5) is 14.1. The molecule has 0 aromatic rings. The Morgan fingerprint density at radius 1 is 1.62 bits per heavy atom. The van der Waals surface area contributed by atoms with E-state index in [0.29, 0.717) is 0 Å². The number of rotatable bonds is 5. The van der Waals surface area contributed by atoms with Crippen LogP contribution in [0.1, 0.15) is 39.5 Å². The van der Waals surface area contributed by atoms with Crippen molar-refractivity contribution in [3.8, 4) is 0 Å². The molecule has 1 aliphatic heterocycles. The molecule has 1 heterocycles. The van der Waals surface area contributed by atoms with Gasteiger partial charge in [0, 0.05) is 7.05 Å². The second kappa shape index (κ2) is 5.64. The zero-order valence-corrected chi connectivity index (χ0v) is 10.6. The summed E-state index contributed by atoms with van der Waals surface area (Å²) < 4.78 is 0. The average Bonchev–Trinajstić information content (AvgIpc) is 2.76. The number of amides is 1. The van der Waals surface area contributed by atoms with Gasteiger partial charge in [-0.05, 0) is 32.7 Å². The van der Waals surface area contributed by atoms with E-state index in [1.165, 1.54) is 0 Å². The number of nitrogens with zero attached hydrogens (tertiary/aromatic N) is 1. The first-order chi connectivity index (χ1) is 7.57. The summed E-state index contributed by atoms with van der Waals surface area (Å²) in [6, 6.07) is -0.108. The monoisotopic (exact) mass is 228 g/mol. The van der Waals surface area contributed by atoms with Gasteiger partial charge < -0.3 is 15.3 Å². The smallest absolute Gasteiger partial charge is 0.242 e. The highest BCUT2D eigenvalue weighted by molar-refractivity contribution is 5.86. The molecule has 16 heavy (non-hydrogen) atoms. The van der Waals surface area contributed by atoms with E-state index in [-0.39, 0.29) is 24.1 Å². The first kappa shape index (κ1) is 13.5. The van der Waals surface area contributed by atoms with Crippen molar-refractivity contribution in [2.75, 3.05) is 20.2 Å². The van der Waals surface area contributed by atoms with Crippen molar-refractivity contribution in [2.45, 2.75) is 51.1 Å². The fourth-order valence-corrected chi connectivity index (χ4v) is 2.40. The lowest BCUT2D eigenvalue weighted by Crippen LogP contribution is -2.56. The number of hydrogen-bond acceptors (Lipinski definition) is 3. The normalized spacial score (nSPS) is 26.8. The number of aliphatic hydroxyl groups is 1. The van der Waals surface area contributed by atoms with Crippen LogP contribution in [-0.2, 0) is 4.79 Å². The number of nitrogens with one attached hydrogen (secondary N) is 1. The molecule has 4 heteroatoms. The predicted octanol–water partition coefficient (Wildman–Crippen LogP) is 0.748. The molecule has 0 aliphatic carbocycles. The molecule has 1 aliphatic rings. The third-order valence-electron chi connectivity index (χ3n) is 3.58. The topological polar surface area (TPSA) is 52.6 Å². The van der Waals surface area contributed by atoms with Gasteiger partial charge in [-0.25, -0.2) is 0 Å². The molecule has 1 amide bonds. The minimum Gasteiger partial charge on any atom is -0.394 e. The van der Waals surface area contributed by atoms with Crippen molar-refractivity contribution in [3.05, 3.63) is 0 Å². The summed E-state index contributed by atoms with van der Waals surface area (Å²) >= 11 is 0. The maximum atomic E-state index is 12.4. The van der Waals surface area contributed by atoms with Gasteiger partial charge in [0.2, 0.25) is 5.91 Å². The van der Waals surface area contributed by atoms with Crippen molar-refractivity contribution in [1.82, 2.24) is 10.2 Å². The van der Waals surface area contributed by atoms with Gasteiger partial charge in [0.1, 0.15) is 0 Å². The first-order valence-corrected chi connectivity index (χ1v) is 6.20. The van der Waals surface area contributed by atoms with Crippen LogP contribution in [0.5, 0.6) is 0 Å². The van der Waals surface area contributed by atoms with E-state index < -0.39 is 0 Å². The molecule has 2 unspecified atom stereocenters. The van der Waals surface area contributed by atoms with E-state index in [4.69, 9.17) is 5.11 Å². The van der Waals surface area contributed by atoms with E-state index in [1.54, 1.807) is 11.9 Å². The van der Waals surface area contributed by atoms with Crippen LogP contribution in [0.15, 0.2) is 0 Å². The van der Waals surface area contributed by atoms with Gasteiger partial charge in [0.15, 0.2) is 0 Å². The molecule has 2 N–H and O–H groups in total. The van der Waals surface area contributed by atoms with E-state index in [1.807, 2.05) is 6.92 Å².